The average Bonchev–Trinajstić information content (AvgIpc) is 1.98. The van der Waals surface area contributed by atoms with E-state index < -0.39 is 6.09 Å². The van der Waals surface area contributed by atoms with Gasteiger partial charge in [-0.2, -0.15) is 0 Å². The van der Waals surface area contributed by atoms with Gasteiger partial charge in [0, 0.05) is 20.5 Å². The van der Waals surface area contributed by atoms with Crippen LogP contribution in [-0.2, 0) is 4.79 Å². The molecule has 1 N–H and O–H groups in total. The van der Waals surface area contributed by atoms with E-state index in [0.717, 1.165) is 10.0 Å². The van der Waals surface area contributed by atoms with Crippen LogP contribution in [0.4, 0.5) is 4.79 Å². The number of rotatable bonds is 2. The number of hydrazine groups is 1. The lowest BCUT2D eigenvalue weighted by Gasteiger charge is -2.27. The Bertz CT molecular complexity index is 181. The van der Waals surface area contributed by atoms with E-state index in [1.807, 2.05) is 6.92 Å². The molecule has 0 aromatic rings. The number of carbonyl (C=O) groups is 2. The van der Waals surface area contributed by atoms with Crippen LogP contribution in [0.3, 0.4) is 0 Å². The Kier molecular flexibility index (Phi) is 4.10. The monoisotopic (exact) mass is 174 g/mol. The first kappa shape index (κ1) is 10.7. The van der Waals surface area contributed by atoms with Crippen LogP contribution in [0.5, 0.6) is 0 Å². The second-order valence-electron chi connectivity index (χ2n) is 2.45. The van der Waals surface area contributed by atoms with Gasteiger partial charge in [0.2, 0.25) is 5.91 Å². The predicted molar refractivity (Wildman–Crippen MR) is 43.5 cm³/mol. The van der Waals surface area contributed by atoms with Crippen LogP contribution in [0.25, 0.3) is 0 Å². The van der Waals surface area contributed by atoms with Crippen molar-refractivity contribution >= 4 is 12.0 Å². The molecule has 0 aliphatic rings. The Morgan fingerprint density at radius 3 is 2.17 bits per heavy atom. The number of carbonyl (C=O) groups excluding carboxylic acids is 1. The molecule has 0 heterocycles. The molecule has 5 heteroatoms. The minimum Gasteiger partial charge on any atom is -0.464 e. The third-order valence-electron chi connectivity index (χ3n) is 1.47. The number of carboxylic acid groups (broad SMARTS) is 1. The van der Waals surface area contributed by atoms with Crippen molar-refractivity contribution in [3.05, 3.63) is 0 Å². The summed E-state index contributed by atoms with van der Waals surface area (Å²) in [5.74, 6) is -0.286. The second-order valence-corrected chi connectivity index (χ2v) is 2.45. The van der Waals surface area contributed by atoms with E-state index in [2.05, 4.69) is 0 Å². The molecule has 0 aliphatic carbocycles. The van der Waals surface area contributed by atoms with Gasteiger partial charge in [-0.25, -0.2) is 9.80 Å². The van der Waals surface area contributed by atoms with Crippen molar-refractivity contribution in [2.24, 2.45) is 0 Å². The largest absolute Gasteiger partial charge is 0.464 e. The lowest BCUT2D eigenvalue weighted by Crippen LogP contribution is -2.46. The van der Waals surface area contributed by atoms with Crippen molar-refractivity contribution in [1.29, 1.82) is 0 Å². The van der Waals surface area contributed by atoms with E-state index in [9.17, 15) is 9.59 Å². The summed E-state index contributed by atoms with van der Waals surface area (Å²) in [5.41, 5.74) is 0. The summed E-state index contributed by atoms with van der Waals surface area (Å²) in [7, 11) is 1.44. The molecular formula is C7H14N2O3. The molecule has 0 rings (SSSR count). The van der Waals surface area contributed by atoms with Crippen LogP contribution in [0, 0.1) is 0 Å². The van der Waals surface area contributed by atoms with Crippen LogP contribution in [0.1, 0.15) is 20.3 Å². The quantitative estimate of drug-likeness (QED) is 0.629. The van der Waals surface area contributed by atoms with Crippen LogP contribution in [0.2, 0.25) is 0 Å². The van der Waals surface area contributed by atoms with E-state index in [1.54, 1.807) is 0 Å². The van der Waals surface area contributed by atoms with Gasteiger partial charge < -0.3 is 5.11 Å². The molecule has 0 atom stereocenters. The van der Waals surface area contributed by atoms with Gasteiger partial charge in [0.25, 0.3) is 0 Å². The van der Waals surface area contributed by atoms with Crippen LogP contribution in [-0.4, -0.2) is 40.7 Å². The standard InChI is InChI=1S/C7H14N2O3/c1-4-5-9(7(11)12)8(3)6(2)10/h4-5H2,1-3H3,(H,11,12). The second kappa shape index (κ2) is 4.58. The summed E-state index contributed by atoms with van der Waals surface area (Å²) in [5, 5.41) is 10.7. The molecule has 0 saturated carbocycles. The Labute approximate surface area is 71.5 Å². The number of hydrogen-bond donors (Lipinski definition) is 1. The van der Waals surface area contributed by atoms with Crippen molar-refractivity contribution < 1.29 is 14.7 Å². The lowest BCUT2D eigenvalue weighted by atomic mass is 10.5. The molecule has 12 heavy (non-hydrogen) atoms. The van der Waals surface area contributed by atoms with E-state index in [-0.39, 0.29) is 5.91 Å². The zero-order valence-corrected chi connectivity index (χ0v) is 7.57. The van der Waals surface area contributed by atoms with Gasteiger partial charge in [-0.1, -0.05) is 6.92 Å². The van der Waals surface area contributed by atoms with Crippen LogP contribution in [0.15, 0.2) is 0 Å². The molecule has 0 aromatic heterocycles. The Hall–Kier alpha value is -1.26. The van der Waals surface area contributed by atoms with Gasteiger partial charge in [0.15, 0.2) is 0 Å². The van der Waals surface area contributed by atoms with Gasteiger partial charge in [-0.3, -0.25) is 9.80 Å². The molecular weight excluding hydrogens is 160 g/mol. The van der Waals surface area contributed by atoms with Gasteiger partial charge >= 0.3 is 6.09 Å². The van der Waals surface area contributed by atoms with Crippen molar-refractivity contribution in [3.63, 3.8) is 0 Å². The smallest absolute Gasteiger partial charge is 0.426 e. The molecule has 2 amide bonds. The normalized spacial score (nSPS) is 9.25. The van der Waals surface area contributed by atoms with E-state index in [1.165, 1.54) is 14.0 Å². The van der Waals surface area contributed by atoms with Gasteiger partial charge in [0.1, 0.15) is 0 Å². The summed E-state index contributed by atoms with van der Waals surface area (Å²) in [4.78, 5) is 21.4. The van der Waals surface area contributed by atoms with Crippen molar-refractivity contribution in [1.82, 2.24) is 10.0 Å². The van der Waals surface area contributed by atoms with Crippen LogP contribution >= 0.6 is 0 Å². The molecule has 5 nitrogen and oxygen atoms in total. The Morgan fingerprint density at radius 1 is 1.42 bits per heavy atom. The maximum atomic E-state index is 10.8. The zero-order chi connectivity index (χ0) is 9.72. The summed E-state index contributed by atoms with van der Waals surface area (Å²) in [6.07, 6.45) is -0.418. The first-order chi connectivity index (χ1) is 5.50. The first-order valence-corrected chi connectivity index (χ1v) is 3.75. The fraction of sp³-hybridized carbons (Fsp3) is 0.714. The minimum atomic E-state index is -1.10. The number of nitrogens with zero attached hydrogens (tertiary/aromatic N) is 2. The Balaban J connectivity index is 4.28. The summed E-state index contributed by atoms with van der Waals surface area (Å²) in [6, 6.07) is 0. The SMILES string of the molecule is CCCN(C(=O)O)N(C)C(C)=O. The molecule has 0 bridgehead atoms. The highest BCUT2D eigenvalue weighted by atomic mass is 16.4. The first-order valence-electron chi connectivity index (χ1n) is 3.75. The zero-order valence-electron chi connectivity index (χ0n) is 7.57. The molecule has 0 fully saturated rings. The maximum absolute atomic E-state index is 10.8. The van der Waals surface area contributed by atoms with Gasteiger partial charge in [0.05, 0.1) is 0 Å². The Morgan fingerprint density at radius 2 is 1.92 bits per heavy atom. The molecule has 0 radical (unpaired) electrons. The fourth-order valence-corrected chi connectivity index (χ4v) is 0.756. The highest BCUT2D eigenvalue weighted by Gasteiger charge is 2.17. The number of amides is 2. The van der Waals surface area contributed by atoms with E-state index >= 15 is 0 Å². The van der Waals surface area contributed by atoms with Crippen molar-refractivity contribution in [2.45, 2.75) is 20.3 Å². The summed E-state index contributed by atoms with van der Waals surface area (Å²) >= 11 is 0. The average molecular weight is 174 g/mol. The topological polar surface area (TPSA) is 60.9 Å². The minimum absolute atomic E-state index is 0.286. The maximum Gasteiger partial charge on any atom is 0.426 e. The third kappa shape index (κ3) is 2.77. The lowest BCUT2D eigenvalue weighted by molar-refractivity contribution is -0.140. The van der Waals surface area contributed by atoms with E-state index in [0.29, 0.717) is 13.0 Å². The highest BCUT2D eigenvalue weighted by Crippen LogP contribution is 1.97. The van der Waals surface area contributed by atoms with Crippen molar-refractivity contribution in [2.75, 3.05) is 13.6 Å². The van der Waals surface area contributed by atoms with Gasteiger partial charge in [-0.05, 0) is 6.42 Å². The fourth-order valence-electron chi connectivity index (χ4n) is 0.756. The molecule has 0 spiro atoms. The summed E-state index contributed by atoms with van der Waals surface area (Å²) in [6.45, 7) is 3.51. The molecule has 0 saturated heterocycles. The van der Waals surface area contributed by atoms with Crippen LogP contribution < -0.4 is 0 Å². The molecule has 0 unspecified atom stereocenters. The third-order valence-corrected chi connectivity index (χ3v) is 1.47. The van der Waals surface area contributed by atoms with Gasteiger partial charge in [-0.15, -0.1) is 0 Å². The van der Waals surface area contributed by atoms with Crippen molar-refractivity contribution in [3.8, 4) is 0 Å². The van der Waals surface area contributed by atoms with E-state index in [4.69, 9.17) is 5.11 Å². The molecule has 0 aliphatic heterocycles. The molecule has 0 aromatic carbocycles. The highest BCUT2D eigenvalue weighted by molar-refractivity contribution is 5.76. The summed E-state index contributed by atoms with van der Waals surface area (Å²) < 4.78 is 0. The molecule has 70 valence electrons. The predicted octanol–water partition coefficient (Wildman–Crippen LogP) is 0.770. The number of hydrogen-bond acceptors (Lipinski definition) is 2.